The Hall–Kier alpha value is -2.53. The van der Waals surface area contributed by atoms with Crippen molar-refractivity contribution < 1.29 is 32.6 Å². The van der Waals surface area contributed by atoms with Crippen LogP contribution >= 0.6 is 24.0 Å². The number of hydrogen-bond acceptors (Lipinski definition) is 5. The Morgan fingerprint density at radius 2 is 1.69 bits per heavy atom. The van der Waals surface area contributed by atoms with E-state index in [1.807, 2.05) is 0 Å². The summed E-state index contributed by atoms with van der Waals surface area (Å²) in [5, 5.41) is 15.0. The number of alkyl halides is 3. The van der Waals surface area contributed by atoms with Gasteiger partial charge in [0.2, 0.25) is 11.8 Å². The van der Waals surface area contributed by atoms with Gasteiger partial charge in [0.25, 0.3) is 0 Å². The van der Waals surface area contributed by atoms with E-state index in [0.717, 1.165) is 0 Å². The molecule has 0 aromatic heterocycles. The third-order valence-corrected chi connectivity index (χ3v) is 5.62. The smallest absolute Gasteiger partial charge is 0.416 e. The Labute approximate surface area is 218 Å². The summed E-state index contributed by atoms with van der Waals surface area (Å²) < 4.78 is 44.6. The van der Waals surface area contributed by atoms with Crippen LogP contribution < -0.4 is 21.1 Å². The summed E-state index contributed by atoms with van der Waals surface area (Å²) in [4.78, 5) is 26.0. The Morgan fingerprint density at radius 3 is 2.19 bits per heavy atom. The molecule has 1 unspecified atom stereocenters. The van der Waals surface area contributed by atoms with Gasteiger partial charge in [0.1, 0.15) is 11.8 Å². The number of nitrogens with one attached hydrogen (secondary N) is 2. The van der Waals surface area contributed by atoms with Crippen LogP contribution in [-0.4, -0.2) is 48.4 Å². The fourth-order valence-electron chi connectivity index (χ4n) is 3.42. The molecule has 0 aliphatic carbocycles. The molecule has 0 heterocycles. The van der Waals surface area contributed by atoms with Gasteiger partial charge in [0.15, 0.2) is 6.10 Å². The molecule has 12 heteroatoms. The Kier molecular flexibility index (Phi) is 12.0. The van der Waals surface area contributed by atoms with Gasteiger partial charge in [0, 0.05) is 5.02 Å². The molecule has 0 aliphatic rings. The highest BCUT2D eigenvalue weighted by molar-refractivity contribution is 6.30. The van der Waals surface area contributed by atoms with Crippen LogP contribution in [0.2, 0.25) is 5.02 Å². The molecular weight excluding hydrogens is 522 g/mol. The van der Waals surface area contributed by atoms with Gasteiger partial charge in [-0.1, -0.05) is 49.7 Å². The van der Waals surface area contributed by atoms with Gasteiger partial charge in [-0.15, -0.1) is 12.4 Å². The third-order valence-electron chi connectivity index (χ3n) is 5.38. The Bertz CT molecular complexity index is 1010. The fraction of sp³-hybridized carbons (Fsp3) is 0.417. The Balaban J connectivity index is 0.00000648. The summed E-state index contributed by atoms with van der Waals surface area (Å²) in [5.41, 5.74) is 7.01. The number of methoxy groups -OCH3 is 1. The molecule has 0 saturated carbocycles. The Morgan fingerprint density at radius 1 is 1.08 bits per heavy atom. The van der Waals surface area contributed by atoms with Crippen LogP contribution in [0.4, 0.5) is 13.2 Å². The zero-order valence-electron chi connectivity index (χ0n) is 19.9. The van der Waals surface area contributed by atoms with Crippen molar-refractivity contribution in [1.29, 1.82) is 0 Å². The highest BCUT2D eigenvalue weighted by Crippen LogP contribution is 2.26. The normalized spacial score (nSPS) is 14.7. The van der Waals surface area contributed by atoms with E-state index < -0.39 is 48.1 Å². The highest BCUT2D eigenvalue weighted by Gasteiger charge is 2.45. The number of ether oxygens (including phenoxy) is 1. The van der Waals surface area contributed by atoms with Crippen LogP contribution in [0, 0.1) is 5.92 Å². The van der Waals surface area contributed by atoms with E-state index in [9.17, 15) is 27.9 Å². The van der Waals surface area contributed by atoms with E-state index >= 15 is 0 Å². The first-order chi connectivity index (χ1) is 16.3. The van der Waals surface area contributed by atoms with Crippen molar-refractivity contribution in [3.05, 3.63) is 64.7 Å². The molecule has 0 fully saturated rings. The lowest BCUT2D eigenvalue weighted by atomic mass is 9.96. The monoisotopic (exact) mass is 551 g/mol. The topological polar surface area (TPSA) is 114 Å². The van der Waals surface area contributed by atoms with Crippen LogP contribution in [0.5, 0.6) is 5.75 Å². The first kappa shape index (κ1) is 31.5. The summed E-state index contributed by atoms with van der Waals surface area (Å²) in [6.45, 7) is 2.86. The van der Waals surface area contributed by atoms with Gasteiger partial charge in [0.05, 0.1) is 19.2 Å². The predicted molar refractivity (Wildman–Crippen MR) is 133 cm³/mol. The largest absolute Gasteiger partial charge is 0.497 e. The number of halogens is 5. The molecule has 7 nitrogen and oxygen atoms in total. The average molecular weight is 552 g/mol. The van der Waals surface area contributed by atoms with Crippen molar-refractivity contribution >= 4 is 35.8 Å². The highest BCUT2D eigenvalue weighted by atomic mass is 35.5. The number of carbonyl (C=O) groups excluding carboxylic acids is 2. The molecule has 2 rings (SSSR count). The van der Waals surface area contributed by atoms with E-state index in [1.54, 1.807) is 24.3 Å². The second kappa shape index (κ2) is 13.7. The van der Waals surface area contributed by atoms with Crippen LogP contribution in [0.3, 0.4) is 0 Å². The molecule has 0 spiro atoms. The van der Waals surface area contributed by atoms with E-state index in [4.69, 9.17) is 22.1 Å². The summed E-state index contributed by atoms with van der Waals surface area (Å²) >= 11 is 5.96. The van der Waals surface area contributed by atoms with Crippen molar-refractivity contribution in [2.45, 2.75) is 50.7 Å². The summed E-state index contributed by atoms with van der Waals surface area (Å²) in [5.74, 6) is -1.91. The molecule has 200 valence electrons. The summed E-state index contributed by atoms with van der Waals surface area (Å²) in [7, 11) is 1.45. The van der Waals surface area contributed by atoms with E-state index in [2.05, 4.69) is 10.6 Å². The molecule has 2 aromatic rings. The van der Waals surface area contributed by atoms with Crippen molar-refractivity contribution in [3.63, 3.8) is 0 Å². The van der Waals surface area contributed by atoms with Crippen molar-refractivity contribution in [3.8, 4) is 5.75 Å². The molecule has 2 amide bonds. The first-order valence-corrected chi connectivity index (χ1v) is 11.2. The van der Waals surface area contributed by atoms with Crippen LogP contribution in [0.15, 0.2) is 48.5 Å². The lowest BCUT2D eigenvalue weighted by molar-refractivity contribution is -0.215. The predicted octanol–water partition coefficient (Wildman–Crippen LogP) is 3.56. The minimum Gasteiger partial charge on any atom is -0.497 e. The van der Waals surface area contributed by atoms with E-state index in [0.29, 0.717) is 16.3 Å². The molecule has 36 heavy (non-hydrogen) atoms. The first-order valence-electron chi connectivity index (χ1n) is 10.8. The fourth-order valence-corrected chi connectivity index (χ4v) is 3.63. The van der Waals surface area contributed by atoms with Gasteiger partial charge < -0.3 is 26.2 Å². The molecular formula is C24H30Cl2F3N3O4. The standard InChI is InChI=1S/C24H29ClF3N3O4.ClH/c1-13(2)19(21(32)24(26,27)28)30-23(34)20(15-7-9-17(35-3)10-8-15)31-22(33)18(29)12-14-5-4-6-16(25)11-14;/h4-11,13,18-21,32H,12,29H2,1-3H3,(H,30,34)(H,31,33);1H/t18?,19-,20-,21-;/m0./s1. The maximum Gasteiger partial charge on any atom is 0.416 e. The molecule has 5 N–H and O–H groups in total. The molecule has 2 aromatic carbocycles. The number of amides is 2. The number of hydrogen-bond donors (Lipinski definition) is 4. The van der Waals surface area contributed by atoms with E-state index in [1.165, 1.54) is 45.2 Å². The second-order valence-corrected chi connectivity index (χ2v) is 8.86. The number of aliphatic hydroxyl groups is 1. The lowest BCUT2D eigenvalue weighted by Crippen LogP contribution is -2.56. The molecule has 4 atom stereocenters. The van der Waals surface area contributed by atoms with E-state index in [-0.39, 0.29) is 24.4 Å². The number of benzene rings is 2. The maximum absolute atomic E-state index is 13.2. The minimum atomic E-state index is -4.94. The van der Waals surface area contributed by atoms with Gasteiger partial charge in [-0.25, -0.2) is 0 Å². The van der Waals surface area contributed by atoms with Gasteiger partial charge in [-0.05, 0) is 47.7 Å². The quantitative estimate of drug-likeness (QED) is 0.360. The zero-order chi connectivity index (χ0) is 26.3. The SMILES string of the molecule is COc1ccc([C@H](NC(=O)C(N)Cc2cccc(Cl)c2)C(=O)N[C@@H](C(C)C)[C@H](O)C(F)(F)F)cc1.Cl. The number of nitrogens with two attached hydrogens (primary N) is 1. The van der Waals surface area contributed by atoms with Gasteiger partial charge >= 0.3 is 6.18 Å². The van der Waals surface area contributed by atoms with Crippen LogP contribution in [-0.2, 0) is 16.0 Å². The molecule has 0 aliphatic heterocycles. The van der Waals surface area contributed by atoms with Crippen LogP contribution in [0.25, 0.3) is 0 Å². The lowest BCUT2D eigenvalue weighted by Gasteiger charge is -2.31. The van der Waals surface area contributed by atoms with Crippen molar-refractivity contribution in [2.75, 3.05) is 7.11 Å². The van der Waals surface area contributed by atoms with Crippen molar-refractivity contribution in [1.82, 2.24) is 10.6 Å². The third kappa shape index (κ3) is 8.85. The summed E-state index contributed by atoms with van der Waals surface area (Å²) in [6, 6.07) is 8.75. The van der Waals surface area contributed by atoms with Gasteiger partial charge in [-0.2, -0.15) is 13.2 Å². The number of carbonyl (C=O) groups is 2. The average Bonchev–Trinajstić information content (AvgIpc) is 2.79. The molecule has 0 bridgehead atoms. The summed E-state index contributed by atoms with van der Waals surface area (Å²) in [6.07, 6.45) is -7.62. The van der Waals surface area contributed by atoms with Crippen LogP contribution in [0.1, 0.15) is 31.0 Å². The number of aliphatic hydroxyl groups excluding tert-OH is 1. The maximum atomic E-state index is 13.2. The second-order valence-electron chi connectivity index (χ2n) is 8.42. The molecule has 0 saturated heterocycles. The minimum absolute atomic E-state index is 0. The zero-order valence-corrected chi connectivity index (χ0v) is 21.5. The number of rotatable bonds is 10. The van der Waals surface area contributed by atoms with Gasteiger partial charge in [-0.3, -0.25) is 9.59 Å². The molecule has 0 radical (unpaired) electrons. The van der Waals surface area contributed by atoms with Crippen molar-refractivity contribution in [2.24, 2.45) is 11.7 Å².